The highest BCUT2D eigenvalue weighted by Crippen LogP contribution is 2.31. The lowest BCUT2D eigenvalue weighted by Crippen LogP contribution is -2.40. The molecule has 134 valence electrons. The van der Waals surface area contributed by atoms with Crippen molar-refractivity contribution in [1.82, 2.24) is 9.71 Å². The molecule has 1 N–H and O–H groups in total. The zero-order valence-electron chi connectivity index (χ0n) is 14.8. The molecule has 1 aromatic heterocycles. The van der Waals surface area contributed by atoms with E-state index in [2.05, 4.69) is 15.8 Å². The summed E-state index contributed by atoms with van der Waals surface area (Å²) in [6.07, 6.45) is 4.10. The van der Waals surface area contributed by atoms with Crippen LogP contribution >= 0.6 is 0 Å². The van der Waals surface area contributed by atoms with Gasteiger partial charge < -0.3 is 4.74 Å². The molecule has 1 aliphatic rings. The Labute approximate surface area is 149 Å². The number of nitrogens with zero attached hydrogens (tertiary/aromatic N) is 1. The molecular formula is C19H24N2O3S. The number of hydrogen-bond acceptors (Lipinski definition) is 4. The SMILES string of the molecule is Cc1cncc(-c2ccc(C3OCCC3NS(=O)(=O)C(C)C)cc2)c1. The molecule has 0 spiro atoms. The van der Waals surface area contributed by atoms with Gasteiger partial charge >= 0.3 is 0 Å². The molecule has 1 fully saturated rings. The highest BCUT2D eigenvalue weighted by Gasteiger charge is 2.33. The molecule has 1 aromatic carbocycles. The van der Waals surface area contributed by atoms with Crippen LogP contribution in [0.25, 0.3) is 11.1 Å². The van der Waals surface area contributed by atoms with Crippen molar-refractivity contribution in [1.29, 1.82) is 0 Å². The van der Waals surface area contributed by atoms with Crippen LogP contribution in [0.5, 0.6) is 0 Å². The molecule has 25 heavy (non-hydrogen) atoms. The molecule has 0 bridgehead atoms. The van der Waals surface area contributed by atoms with Crippen LogP contribution in [0.1, 0.15) is 37.5 Å². The lowest BCUT2D eigenvalue weighted by molar-refractivity contribution is 0.102. The second-order valence-electron chi connectivity index (χ2n) is 6.77. The molecule has 0 radical (unpaired) electrons. The van der Waals surface area contributed by atoms with E-state index < -0.39 is 15.3 Å². The molecular weight excluding hydrogens is 336 g/mol. The Morgan fingerprint density at radius 1 is 1.16 bits per heavy atom. The van der Waals surface area contributed by atoms with Crippen molar-refractivity contribution in [3.05, 3.63) is 53.9 Å². The van der Waals surface area contributed by atoms with E-state index in [-0.39, 0.29) is 12.1 Å². The van der Waals surface area contributed by atoms with E-state index in [4.69, 9.17) is 4.74 Å². The zero-order valence-corrected chi connectivity index (χ0v) is 15.6. The summed E-state index contributed by atoms with van der Waals surface area (Å²) >= 11 is 0. The van der Waals surface area contributed by atoms with Crippen molar-refractivity contribution in [3.8, 4) is 11.1 Å². The lowest BCUT2D eigenvalue weighted by atomic mass is 9.99. The third-order valence-electron chi connectivity index (χ3n) is 4.48. The Hall–Kier alpha value is -1.76. The van der Waals surface area contributed by atoms with Gasteiger partial charge in [-0.25, -0.2) is 13.1 Å². The van der Waals surface area contributed by atoms with Gasteiger partial charge in [0.05, 0.1) is 17.4 Å². The number of aryl methyl sites for hydroxylation is 1. The Kier molecular flexibility index (Phi) is 5.22. The summed E-state index contributed by atoms with van der Waals surface area (Å²) in [6.45, 7) is 5.93. The number of ether oxygens (including phenoxy) is 1. The van der Waals surface area contributed by atoms with Gasteiger partial charge in [-0.15, -0.1) is 0 Å². The summed E-state index contributed by atoms with van der Waals surface area (Å²) in [6, 6.07) is 9.93. The maximum absolute atomic E-state index is 12.2. The highest BCUT2D eigenvalue weighted by molar-refractivity contribution is 7.90. The first-order chi connectivity index (χ1) is 11.9. The highest BCUT2D eigenvalue weighted by atomic mass is 32.2. The summed E-state index contributed by atoms with van der Waals surface area (Å²) in [7, 11) is -3.32. The van der Waals surface area contributed by atoms with E-state index >= 15 is 0 Å². The number of benzene rings is 1. The number of aromatic nitrogens is 1. The van der Waals surface area contributed by atoms with Gasteiger partial charge in [0.15, 0.2) is 0 Å². The quantitative estimate of drug-likeness (QED) is 0.889. The summed E-state index contributed by atoms with van der Waals surface area (Å²) in [5.74, 6) is 0. The first kappa shape index (κ1) is 18.0. The summed E-state index contributed by atoms with van der Waals surface area (Å²) < 4.78 is 32.9. The van der Waals surface area contributed by atoms with Gasteiger partial charge in [-0.05, 0) is 49.9 Å². The van der Waals surface area contributed by atoms with Crippen molar-refractivity contribution in [3.63, 3.8) is 0 Å². The maximum Gasteiger partial charge on any atom is 0.214 e. The third kappa shape index (κ3) is 4.08. The van der Waals surface area contributed by atoms with Crippen LogP contribution in [0, 0.1) is 6.92 Å². The third-order valence-corrected chi connectivity index (χ3v) is 6.35. The van der Waals surface area contributed by atoms with Gasteiger partial charge in [-0.2, -0.15) is 0 Å². The normalized spacial score (nSPS) is 21.0. The largest absolute Gasteiger partial charge is 0.372 e. The second-order valence-corrected chi connectivity index (χ2v) is 9.04. The smallest absolute Gasteiger partial charge is 0.214 e. The van der Waals surface area contributed by atoms with Crippen molar-refractivity contribution >= 4 is 10.0 Å². The van der Waals surface area contributed by atoms with E-state index in [1.54, 1.807) is 13.8 Å². The fraction of sp³-hybridized carbons (Fsp3) is 0.421. The average Bonchev–Trinajstić information content (AvgIpc) is 3.02. The van der Waals surface area contributed by atoms with E-state index in [0.29, 0.717) is 13.0 Å². The number of nitrogens with one attached hydrogen (secondary N) is 1. The molecule has 2 atom stereocenters. The zero-order chi connectivity index (χ0) is 18.0. The van der Waals surface area contributed by atoms with E-state index in [1.807, 2.05) is 43.6 Å². The topological polar surface area (TPSA) is 68.3 Å². The summed E-state index contributed by atoms with van der Waals surface area (Å²) in [5, 5.41) is -0.454. The number of hydrogen-bond donors (Lipinski definition) is 1. The minimum absolute atomic E-state index is 0.223. The van der Waals surface area contributed by atoms with Crippen molar-refractivity contribution < 1.29 is 13.2 Å². The maximum atomic E-state index is 12.2. The molecule has 1 saturated heterocycles. The second kappa shape index (κ2) is 7.23. The average molecular weight is 360 g/mol. The minimum Gasteiger partial charge on any atom is -0.372 e. The van der Waals surface area contributed by atoms with E-state index in [0.717, 1.165) is 22.3 Å². The molecule has 0 saturated carbocycles. The molecule has 2 unspecified atom stereocenters. The standard InChI is InChI=1S/C19H24N2O3S/c1-13(2)25(22,23)21-18-8-9-24-19(18)16-6-4-15(5-7-16)17-10-14(3)11-20-12-17/h4-7,10-13,18-19,21H,8-9H2,1-3H3. The molecule has 2 aromatic rings. The Morgan fingerprint density at radius 3 is 2.52 bits per heavy atom. The van der Waals surface area contributed by atoms with Crippen LogP contribution in [0.2, 0.25) is 0 Å². The van der Waals surface area contributed by atoms with Crippen LogP contribution in [0.4, 0.5) is 0 Å². The number of rotatable bonds is 5. The fourth-order valence-corrected chi connectivity index (χ4v) is 3.90. The van der Waals surface area contributed by atoms with Gasteiger partial charge in [0.2, 0.25) is 10.0 Å². The summed E-state index contributed by atoms with van der Waals surface area (Å²) in [5.41, 5.74) is 4.25. The molecule has 1 aliphatic heterocycles. The summed E-state index contributed by atoms with van der Waals surface area (Å²) in [4.78, 5) is 4.23. The monoisotopic (exact) mass is 360 g/mol. The van der Waals surface area contributed by atoms with Gasteiger partial charge in [-0.3, -0.25) is 4.98 Å². The van der Waals surface area contributed by atoms with Crippen LogP contribution in [-0.2, 0) is 14.8 Å². The Morgan fingerprint density at radius 2 is 1.88 bits per heavy atom. The van der Waals surface area contributed by atoms with Gasteiger partial charge in [0, 0.05) is 24.6 Å². The van der Waals surface area contributed by atoms with Crippen LogP contribution in [-0.4, -0.2) is 31.3 Å². The predicted octanol–water partition coefficient (Wildman–Crippen LogP) is 3.21. The van der Waals surface area contributed by atoms with Crippen molar-refractivity contribution in [2.24, 2.45) is 0 Å². The first-order valence-corrected chi connectivity index (χ1v) is 10.1. The molecule has 3 rings (SSSR count). The van der Waals surface area contributed by atoms with Crippen molar-refractivity contribution in [2.75, 3.05) is 6.61 Å². The van der Waals surface area contributed by atoms with Gasteiger partial charge in [-0.1, -0.05) is 24.3 Å². The number of sulfonamides is 1. The molecule has 0 amide bonds. The molecule has 0 aliphatic carbocycles. The van der Waals surface area contributed by atoms with Crippen molar-refractivity contribution in [2.45, 2.75) is 44.6 Å². The Bertz CT molecular complexity index is 832. The Balaban J connectivity index is 1.79. The number of pyridine rings is 1. The molecule has 5 nitrogen and oxygen atoms in total. The van der Waals surface area contributed by atoms with E-state index in [9.17, 15) is 8.42 Å². The van der Waals surface area contributed by atoms with Gasteiger partial charge in [0.1, 0.15) is 0 Å². The van der Waals surface area contributed by atoms with Gasteiger partial charge in [0.25, 0.3) is 0 Å². The first-order valence-electron chi connectivity index (χ1n) is 8.51. The minimum atomic E-state index is -3.32. The lowest BCUT2D eigenvalue weighted by Gasteiger charge is -2.21. The van der Waals surface area contributed by atoms with Crippen LogP contribution < -0.4 is 4.72 Å². The van der Waals surface area contributed by atoms with Crippen LogP contribution in [0.15, 0.2) is 42.7 Å². The molecule has 2 heterocycles. The van der Waals surface area contributed by atoms with Crippen LogP contribution in [0.3, 0.4) is 0 Å². The molecule has 6 heteroatoms. The predicted molar refractivity (Wildman–Crippen MR) is 98.7 cm³/mol. The van der Waals surface area contributed by atoms with E-state index in [1.165, 1.54) is 0 Å². The fourth-order valence-electron chi connectivity index (χ4n) is 2.96.